The molecule has 1 aromatic carbocycles. The van der Waals surface area contributed by atoms with Crippen LogP contribution >= 0.6 is 0 Å². The Morgan fingerprint density at radius 1 is 1.20 bits per heavy atom. The molecule has 0 bridgehead atoms. The number of aromatic nitrogens is 2. The zero-order chi connectivity index (χ0) is 21.3. The number of benzene rings is 1. The SMILES string of the molecule is CN(CCc1cnn(C)c1)Cc1cccc(OCC(O)CN(C)C2CCCCC2)c1. The minimum absolute atomic E-state index is 0.331. The molecular formula is C24H38N4O2. The molecule has 2 aromatic rings. The first-order valence-corrected chi connectivity index (χ1v) is 11.3. The van der Waals surface area contributed by atoms with Crippen molar-refractivity contribution >= 4 is 0 Å². The highest BCUT2D eigenvalue weighted by Crippen LogP contribution is 2.22. The van der Waals surface area contributed by atoms with Gasteiger partial charge in [0, 0.05) is 38.9 Å². The van der Waals surface area contributed by atoms with Gasteiger partial charge >= 0.3 is 0 Å². The van der Waals surface area contributed by atoms with Crippen molar-refractivity contribution in [2.45, 2.75) is 57.2 Å². The third-order valence-electron chi connectivity index (χ3n) is 6.03. The van der Waals surface area contributed by atoms with E-state index < -0.39 is 6.10 Å². The third-order valence-corrected chi connectivity index (χ3v) is 6.03. The maximum absolute atomic E-state index is 10.4. The fourth-order valence-electron chi connectivity index (χ4n) is 4.29. The van der Waals surface area contributed by atoms with Gasteiger partial charge in [-0.3, -0.25) is 4.68 Å². The normalized spacial score (nSPS) is 16.3. The molecule has 1 fully saturated rings. The van der Waals surface area contributed by atoms with E-state index in [0.717, 1.165) is 25.3 Å². The van der Waals surface area contributed by atoms with Gasteiger partial charge in [0.15, 0.2) is 0 Å². The molecule has 0 aliphatic heterocycles. The van der Waals surface area contributed by atoms with Crippen molar-refractivity contribution in [1.82, 2.24) is 19.6 Å². The number of aliphatic hydroxyl groups is 1. The van der Waals surface area contributed by atoms with Crippen molar-refractivity contribution in [2.75, 3.05) is 33.8 Å². The Balaban J connectivity index is 1.40. The number of hydrogen-bond donors (Lipinski definition) is 1. The van der Waals surface area contributed by atoms with Crippen LogP contribution in [0.2, 0.25) is 0 Å². The summed E-state index contributed by atoms with van der Waals surface area (Å²) in [4.78, 5) is 4.61. The van der Waals surface area contributed by atoms with Crippen molar-refractivity contribution in [3.8, 4) is 5.75 Å². The average Bonchev–Trinajstić information content (AvgIpc) is 3.17. The van der Waals surface area contributed by atoms with E-state index in [1.165, 1.54) is 43.2 Å². The summed E-state index contributed by atoms with van der Waals surface area (Å²) in [5.41, 5.74) is 2.48. The van der Waals surface area contributed by atoms with Crippen LogP contribution in [0.25, 0.3) is 0 Å². The lowest BCUT2D eigenvalue weighted by Gasteiger charge is -2.32. The minimum atomic E-state index is -0.470. The number of aryl methyl sites for hydroxylation is 1. The maximum atomic E-state index is 10.4. The lowest BCUT2D eigenvalue weighted by Crippen LogP contribution is -2.40. The van der Waals surface area contributed by atoms with Gasteiger partial charge in [0.25, 0.3) is 0 Å². The van der Waals surface area contributed by atoms with Crippen molar-refractivity contribution in [1.29, 1.82) is 0 Å². The van der Waals surface area contributed by atoms with Crippen LogP contribution < -0.4 is 4.74 Å². The van der Waals surface area contributed by atoms with Crippen molar-refractivity contribution in [3.05, 3.63) is 47.8 Å². The van der Waals surface area contributed by atoms with Gasteiger partial charge in [-0.25, -0.2) is 0 Å². The largest absolute Gasteiger partial charge is 0.491 e. The molecule has 1 unspecified atom stereocenters. The zero-order valence-corrected chi connectivity index (χ0v) is 18.8. The third kappa shape index (κ3) is 7.42. The number of nitrogens with zero attached hydrogens (tertiary/aromatic N) is 4. The Bertz CT molecular complexity index is 757. The van der Waals surface area contributed by atoms with Gasteiger partial charge in [-0.1, -0.05) is 31.4 Å². The van der Waals surface area contributed by atoms with Crippen LogP contribution in [0, 0.1) is 0 Å². The molecule has 1 aliphatic carbocycles. The lowest BCUT2D eigenvalue weighted by molar-refractivity contribution is 0.0561. The van der Waals surface area contributed by atoms with Crippen molar-refractivity contribution in [3.63, 3.8) is 0 Å². The highest BCUT2D eigenvalue weighted by Gasteiger charge is 2.20. The summed E-state index contributed by atoms with van der Waals surface area (Å²) in [5, 5.41) is 14.7. The predicted octanol–water partition coefficient (Wildman–Crippen LogP) is 3.10. The fraction of sp³-hybridized carbons (Fsp3) is 0.625. The molecular weight excluding hydrogens is 376 g/mol. The number of aliphatic hydroxyl groups excluding tert-OH is 1. The quantitative estimate of drug-likeness (QED) is 0.612. The molecule has 1 atom stereocenters. The second kappa shape index (κ2) is 11.5. The van der Waals surface area contributed by atoms with E-state index in [2.05, 4.69) is 47.3 Å². The van der Waals surface area contributed by atoms with Crippen LogP contribution in [0.4, 0.5) is 0 Å². The molecule has 0 amide bonds. The zero-order valence-electron chi connectivity index (χ0n) is 18.8. The molecule has 1 aromatic heterocycles. The van der Waals surface area contributed by atoms with Crippen LogP contribution in [0.5, 0.6) is 5.75 Å². The van der Waals surface area contributed by atoms with E-state index >= 15 is 0 Å². The highest BCUT2D eigenvalue weighted by atomic mass is 16.5. The Morgan fingerprint density at radius 2 is 2.00 bits per heavy atom. The van der Waals surface area contributed by atoms with Gasteiger partial charge < -0.3 is 19.6 Å². The minimum Gasteiger partial charge on any atom is -0.491 e. The monoisotopic (exact) mass is 414 g/mol. The van der Waals surface area contributed by atoms with Gasteiger partial charge in [-0.05, 0) is 56.6 Å². The molecule has 1 saturated carbocycles. The smallest absolute Gasteiger partial charge is 0.119 e. The van der Waals surface area contributed by atoms with Gasteiger partial charge in [0.1, 0.15) is 18.5 Å². The molecule has 3 rings (SSSR count). The number of hydrogen-bond acceptors (Lipinski definition) is 5. The average molecular weight is 415 g/mol. The maximum Gasteiger partial charge on any atom is 0.119 e. The standard InChI is InChI=1S/C24H38N4O2/c1-26(13-12-21-15-25-28(3)17-21)16-20-8-7-11-24(14-20)30-19-23(29)18-27(2)22-9-5-4-6-10-22/h7-8,11,14-15,17,22-23,29H,4-6,9-10,12-13,16,18-19H2,1-3H3. The molecule has 0 spiro atoms. The Hall–Kier alpha value is -1.89. The first kappa shape index (κ1) is 22.8. The Labute approximate surface area is 181 Å². The lowest BCUT2D eigenvalue weighted by atomic mass is 9.94. The van der Waals surface area contributed by atoms with Crippen molar-refractivity contribution in [2.24, 2.45) is 7.05 Å². The molecule has 1 N–H and O–H groups in total. The molecule has 0 saturated heterocycles. The van der Waals surface area contributed by atoms with E-state index in [1.807, 2.05) is 30.1 Å². The molecule has 1 heterocycles. The highest BCUT2D eigenvalue weighted by molar-refractivity contribution is 5.28. The first-order chi connectivity index (χ1) is 14.5. The summed E-state index contributed by atoms with van der Waals surface area (Å²) in [5.74, 6) is 0.826. The van der Waals surface area contributed by atoms with E-state index in [9.17, 15) is 5.11 Å². The number of likely N-dealkylation sites (N-methyl/N-ethyl adjacent to an activating group) is 2. The molecule has 166 valence electrons. The van der Waals surface area contributed by atoms with Gasteiger partial charge in [0.05, 0.1) is 6.20 Å². The first-order valence-electron chi connectivity index (χ1n) is 11.3. The van der Waals surface area contributed by atoms with E-state index in [-0.39, 0.29) is 0 Å². The Kier molecular flexibility index (Phi) is 8.73. The summed E-state index contributed by atoms with van der Waals surface area (Å²) in [6, 6.07) is 8.81. The van der Waals surface area contributed by atoms with Crippen molar-refractivity contribution < 1.29 is 9.84 Å². The van der Waals surface area contributed by atoms with Gasteiger partial charge in [0.2, 0.25) is 0 Å². The summed E-state index contributed by atoms with van der Waals surface area (Å²) in [6.07, 6.45) is 11.0. The summed E-state index contributed by atoms with van der Waals surface area (Å²) < 4.78 is 7.75. The summed E-state index contributed by atoms with van der Waals surface area (Å²) in [6.45, 7) is 2.84. The second-order valence-electron chi connectivity index (χ2n) is 8.85. The van der Waals surface area contributed by atoms with E-state index in [0.29, 0.717) is 19.2 Å². The molecule has 30 heavy (non-hydrogen) atoms. The molecule has 1 aliphatic rings. The van der Waals surface area contributed by atoms with E-state index in [1.54, 1.807) is 0 Å². The molecule has 0 radical (unpaired) electrons. The number of ether oxygens (including phenoxy) is 1. The van der Waals surface area contributed by atoms with Gasteiger partial charge in [-0.15, -0.1) is 0 Å². The van der Waals surface area contributed by atoms with Crippen LogP contribution in [0.15, 0.2) is 36.7 Å². The van der Waals surface area contributed by atoms with E-state index in [4.69, 9.17) is 4.74 Å². The van der Waals surface area contributed by atoms with Crippen LogP contribution in [-0.4, -0.2) is 70.6 Å². The predicted molar refractivity (Wildman–Crippen MR) is 121 cm³/mol. The summed E-state index contributed by atoms with van der Waals surface area (Å²) >= 11 is 0. The summed E-state index contributed by atoms with van der Waals surface area (Å²) in [7, 11) is 6.21. The Morgan fingerprint density at radius 3 is 2.73 bits per heavy atom. The van der Waals surface area contributed by atoms with Crippen LogP contribution in [0.3, 0.4) is 0 Å². The molecule has 6 heteroatoms. The second-order valence-corrected chi connectivity index (χ2v) is 8.85. The van der Waals surface area contributed by atoms with Gasteiger partial charge in [-0.2, -0.15) is 5.10 Å². The molecule has 6 nitrogen and oxygen atoms in total. The number of rotatable bonds is 11. The van der Waals surface area contributed by atoms with Crippen LogP contribution in [-0.2, 0) is 20.0 Å². The van der Waals surface area contributed by atoms with Crippen LogP contribution in [0.1, 0.15) is 43.2 Å². The topological polar surface area (TPSA) is 53.8 Å². The fourth-order valence-corrected chi connectivity index (χ4v) is 4.29.